The fourth-order valence-corrected chi connectivity index (χ4v) is 2.82. The molecular formula is C16H16IN3O3. The van der Waals surface area contributed by atoms with E-state index in [0.29, 0.717) is 10.3 Å². The highest BCUT2D eigenvalue weighted by atomic mass is 127. The zero-order chi connectivity index (χ0) is 16.4. The number of hydrogen-bond acceptors (Lipinski definition) is 4. The number of nitrogens with one attached hydrogen (secondary N) is 2. The lowest BCUT2D eigenvalue weighted by Gasteiger charge is -2.08. The lowest BCUT2D eigenvalue weighted by molar-refractivity contribution is 0.0590. The number of nitrogens with zero attached hydrogens (tertiary/aromatic N) is 1. The number of halogens is 1. The summed E-state index contributed by atoms with van der Waals surface area (Å²) in [5.74, 6) is 1.21. The van der Waals surface area contributed by atoms with E-state index in [1.165, 1.54) is 7.11 Å². The van der Waals surface area contributed by atoms with Gasteiger partial charge in [-0.15, -0.1) is 0 Å². The van der Waals surface area contributed by atoms with Crippen LogP contribution in [0.4, 0.5) is 11.5 Å². The van der Waals surface area contributed by atoms with E-state index in [1.807, 2.05) is 48.1 Å². The molecular weight excluding hydrogens is 409 g/mol. The molecule has 6 nitrogen and oxygen atoms in total. The first kappa shape index (κ1) is 15.7. The van der Waals surface area contributed by atoms with Crippen molar-refractivity contribution in [3.63, 3.8) is 0 Å². The van der Waals surface area contributed by atoms with E-state index < -0.39 is 0 Å². The number of ether oxygens (including phenoxy) is 2. The van der Waals surface area contributed by atoms with Gasteiger partial charge in [-0.2, -0.15) is 0 Å². The lowest BCUT2D eigenvalue weighted by Crippen LogP contribution is -2.07. The monoisotopic (exact) mass is 425 g/mol. The Morgan fingerprint density at radius 1 is 1.35 bits per heavy atom. The standard InChI is InChI=1S/C16H16IN3O3/c1-20-12-8-11(19-15-14(23-9-17)5-6-18-15)4-3-10(12)7-13(20)16(21)22-2/h3-8,18-19H,9H2,1-2H3. The van der Waals surface area contributed by atoms with Gasteiger partial charge < -0.3 is 24.3 Å². The van der Waals surface area contributed by atoms with Gasteiger partial charge in [0.05, 0.1) is 12.6 Å². The summed E-state index contributed by atoms with van der Waals surface area (Å²) in [6, 6.07) is 9.60. The Labute approximate surface area is 146 Å². The van der Waals surface area contributed by atoms with Crippen LogP contribution in [0.3, 0.4) is 0 Å². The summed E-state index contributed by atoms with van der Waals surface area (Å²) in [4.78, 5) is 14.9. The molecule has 0 fully saturated rings. The maximum atomic E-state index is 11.8. The van der Waals surface area contributed by atoms with Gasteiger partial charge in [-0.05, 0) is 40.8 Å². The molecule has 2 N–H and O–H groups in total. The van der Waals surface area contributed by atoms with Crippen molar-refractivity contribution in [3.05, 3.63) is 42.2 Å². The van der Waals surface area contributed by atoms with E-state index in [2.05, 4.69) is 32.9 Å². The predicted octanol–water partition coefficient (Wildman–Crippen LogP) is 3.81. The van der Waals surface area contributed by atoms with Crippen molar-refractivity contribution in [2.45, 2.75) is 0 Å². The average molecular weight is 425 g/mol. The number of aryl methyl sites for hydroxylation is 1. The third-order valence-corrected chi connectivity index (χ3v) is 3.94. The molecule has 2 aromatic heterocycles. The molecule has 0 atom stereocenters. The average Bonchev–Trinajstić information content (AvgIpc) is 3.12. The number of esters is 1. The van der Waals surface area contributed by atoms with Gasteiger partial charge in [0.2, 0.25) is 0 Å². The van der Waals surface area contributed by atoms with Crippen molar-refractivity contribution >= 4 is 51.0 Å². The van der Waals surface area contributed by atoms with Crippen LogP contribution in [-0.4, -0.2) is 27.2 Å². The Hall–Kier alpha value is -2.16. The van der Waals surface area contributed by atoms with Crippen LogP contribution in [0, 0.1) is 0 Å². The highest BCUT2D eigenvalue weighted by Crippen LogP contribution is 2.29. The SMILES string of the molecule is COC(=O)c1cc2ccc(Nc3[nH]ccc3OCI)cc2n1C. The predicted molar refractivity (Wildman–Crippen MR) is 97.8 cm³/mol. The van der Waals surface area contributed by atoms with Crippen LogP contribution in [0.25, 0.3) is 10.9 Å². The number of carbonyl (C=O) groups is 1. The molecule has 1 aromatic carbocycles. The summed E-state index contributed by atoms with van der Waals surface area (Å²) in [5, 5.41) is 4.28. The number of H-pyrrole nitrogens is 1. The molecule has 0 aliphatic carbocycles. The number of fused-ring (bicyclic) bond motifs is 1. The Kier molecular flexibility index (Phi) is 4.46. The van der Waals surface area contributed by atoms with Gasteiger partial charge in [0.1, 0.15) is 10.3 Å². The number of aromatic amines is 1. The van der Waals surface area contributed by atoms with E-state index in [-0.39, 0.29) is 5.97 Å². The molecule has 0 saturated heterocycles. The zero-order valence-electron chi connectivity index (χ0n) is 12.7. The van der Waals surface area contributed by atoms with Gasteiger partial charge in [0, 0.05) is 30.4 Å². The molecule has 7 heteroatoms. The summed E-state index contributed by atoms with van der Waals surface area (Å²) < 4.78 is 12.7. The summed E-state index contributed by atoms with van der Waals surface area (Å²) in [6.45, 7) is 0. The maximum absolute atomic E-state index is 11.8. The first-order valence-electron chi connectivity index (χ1n) is 6.95. The van der Waals surface area contributed by atoms with E-state index in [9.17, 15) is 4.79 Å². The van der Waals surface area contributed by atoms with E-state index in [4.69, 9.17) is 9.47 Å². The van der Waals surface area contributed by atoms with Gasteiger partial charge in [-0.25, -0.2) is 4.79 Å². The normalized spacial score (nSPS) is 10.7. The van der Waals surface area contributed by atoms with Crippen molar-refractivity contribution in [1.82, 2.24) is 9.55 Å². The summed E-state index contributed by atoms with van der Waals surface area (Å²) in [5.41, 5.74) is 2.36. The van der Waals surface area contributed by atoms with Crippen molar-refractivity contribution in [2.75, 3.05) is 17.0 Å². The van der Waals surface area contributed by atoms with Crippen LogP contribution >= 0.6 is 22.6 Å². The minimum absolute atomic E-state index is 0.347. The molecule has 2 heterocycles. The molecule has 3 rings (SSSR count). The molecule has 0 amide bonds. The van der Waals surface area contributed by atoms with Crippen LogP contribution in [0.1, 0.15) is 10.5 Å². The Morgan fingerprint density at radius 2 is 2.17 bits per heavy atom. The zero-order valence-corrected chi connectivity index (χ0v) is 14.9. The second kappa shape index (κ2) is 6.53. The molecule has 0 radical (unpaired) electrons. The van der Waals surface area contributed by atoms with Crippen LogP contribution in [0.5, 0.6) is 5.75 Å². The van der Waals surface area contributed by atoms with Gasteiger partial charge in [0.15, 0.2) is 11.6 Å². The molecule has 3 aromatic rings. The lowest BCUT2D eigenvalue weighted by atomic mass is 10.2. The topological polar surface area (TPSA) is 68.3 Å². The summed E-state index contributed by atoms with van der Waals surface area (Å²) in [7, 11) is 3.23. The summed E-state index contributed by atoms with van der Waals surface area (Å²) in [6.07, 6.45) is 1.82. The van der Waals surface area contributed by atoms with Crippen LogP contribution < -0.4 is 10.1 Å². The van der Waals surface area contributed by atoms with E-state index in [1.54, 1.807) is 0 Å². The third kappa shape index (κ3) is 3.00. The van der Waals surface area contributed by atoms with Gasteiger partial charge in [-0.3, -0.25) is 0 Å². The third-order valence-electron chi connectivity index (χ3n) is 3.63. The first-order chi connectivity index (χ1) is 11.1. The fourth-order valence-electron chi connectivity index (χ4n) is 2.48. The maximum Gasteiger partial charge on any atom is 0.354 e. The highest BCUT2D eigenvalue weighted by molar-refractivity contribution is 14.1. The number of carbonyl (C=O) groups excluding carboxylic acids is 1. The fraction of sp³-hybridized carbons (Fsp3) is 0.188. The van der Waals surface area contributed by atoms with Crippen LogP contribution in [0.15, 0.2) is 36.5 Å². The van der Waals surface area contributed by atoms with E-state index in [0.717, 1.165) is 28.2 Å². The Morgan fingerprint density at radius 3 is 2.91 bits per heavy atom. The van der Waals surface area contributed by atoms with Gasteiger partial charge in [0.25, 0.3) is 0 Å². The molecule has 0 bridgehead atoms. The van der Waals surface area contributed by atoms with Crippen molar-refractivity contribution in [3.8, 4) is 5.75 Å². The smallest absolute Gasteiger partial charge is 0.354 e. The number of hydrogen-bond donors (Lipinski definition) is 2. The van der Waals surface area contributed by atoms with E-state index >= 15 is 0 Å². The highest BCUT2D eigenvalue weighted by Gasteiger charge is 2.14. The van der Waals surface area contributed by atoms with Crippen molar-refractivity contribution in [2.24, 2.45) is 7.05 Å². The molecule has 23 heavy (non-hydrogen) atoms. The first-order valence-corrected chi connectivity index (χ1v) is 8.47. The second-order valence-corrected chi connectivity index (χ2v) is 5.57. The quantitative estimate of drug-likeness (QED) is 0.371. The number of methoxy groups -OCH3 is 1. The Balaban J connectivity index is 1.95. The molecule has 0 unspecified atom stereocenters. The largest absolute Gasteiger partial charge is 0.479 e. The molecule has 0 saturated carbocycles. The van der Waals surface area contributed by atoms with Crippen molar-refractivity contribution in [1.29, 1.82) is 0 Å². The van der Waals surface area contributed by atoms with Gasteiger partial charge >= 0.3 is 5.97 Å². The number of aromatic nitrogens is 2. The summed E-state index contributed by atoms with van der Waals surface area (Å²) >= 11 is 2.15. The minimum Gasteiger partial charge on any atom is -0.479 e. The Bertz CT molecular complexity index is 853. The number of anilines is 2. The minimum atomic E-state index is -0.347. The number of alkyl halides is 1. The second-order valence-electron chi connectivity index (χ2n) is 4.95. The van der Waals surface area contributed by atoms with Crippen LogP contribution in [-0.2, 0) is 11.8 Å². The number of rotatable bonds is 5. The van der Waals surface area contributed by atoms with Crippen molar-refractivity contribution < 1.29 is 14.3 Å². The molecule has 0 aliphatic heterocycles. The molecule has 0 spiro atoms. The van der Waals surface area contributed by atoms with Crippen LogP contribution in [0.2, 0.25) is 0 Å². The van der Waals surface area contributed by atoms with Gasteiger partial charge in [-0.1, -0.05) is 6.07 Å². The molecule has 120 valence electrons. The number of benzene rings is 1. The molecule has 0 aliphatic rings.